The first-order valence-electron chi connectivity index (χ1n) is 7.85. The number of rotatable bonds is 4. The summed E-state index contributed by atoms with van der Waals surface area (Å²) in [5, 5.41) is 13.3. The molecule has 0 aliphatic carbocycles. The lowest BCUT2D eigenvalue weighted by atomic mass is 10.2. The van der Waals surface area contributed by atoms with Gasteiger partial charge >= 0.3 is 0 Å². The lowest BCUT2D eigenvalue weighted by Crippen LogP contribution is -2.08. The Morgan fingerprint density at radius 2 is 1.84 bits per heavy atom. The third kappa shape index (κ3) is 3.67. The van der Waals surface area contributed by atoms with Crippen LogP contribution in [0.1, 0.15) is 34.8 Å². The zero-order chi connectivity index (χ0) is 18.0. The monoisotopic (exact) mass is 352 g/mol. The van der Waals surface area contributed by atoms with Crippen molar-refractivity contribution in [2.75, 3.05) is 5.32 Å². The van der Waals surface area contributed by atoms with Crippen molar-refractivity contribution in [1.82, 2.24) is 9.97 Å². The minimum absolute atomic E-state index is 0.00607. The van der Waals surface area contributed by atoms with Gasteiger partial charge in [-0.15, -0.1) is 11.3 Å². The number of aromatic nitrogens is 2. The Balaban J connectivity index is 1.84. The highest BCUT2D eigenvalue weighted by atomic mass is 32.1. The molecule has 126 valence electrons. The number of nitriles is 1. The van der Waals surface area contributed by atoms with Crippen LogP contribution in [0.3, 0.4) is 0 Å². The van der Waals surface area contributed by atoms with Gasteiger partial charge < -0.3 is 5.32 Å². The highest BCUT2D eigenvalue weighted by Gasteiger charge is 2.16. The molecule has 1 aromatic carbocycles. The molecule has 3 aromatic rings. The van der Waals surface area contributed by atoms with E-state index in [1.165, 1.54) is 12.1 Å². The van der Waals surface area contributed by atoms with Gasteiger partial charge in [0.1, 0.15) is 28.4 Å². The van der Waals surface area contributed by atoms with Gasteiger partial charge in [-0.2, -0.15) is 5.26 Å². The van der Waals surface area contributed by atoms with Crippen LogP contribution in [-0.4, -0.2) is 9.97 Å². The quantitative estimate of drug-likeness (QED) is 0.717. The third-order valence-electron chi connectivity index (χ3n) is 3.88. The van der Waals surface area contributed by atoms with E-state index in [-0.39, 0.29) is 11.9 Å². The van der Waals surface area contributed by atoms with Gasteiger partial charge in [0.05, 0.1) is 11.7 Å². The van der Waals surface area contributed by atoms with E-state index in [1.807, 2.05) is 32.9 Å². The molecule has 1 N–H and O–H groups in total. The summed E-state index contributed by atoms with van der Waals surface area (Å²) >= 11 is 1.57. The average Bonchev–Trinajstić information content (AvgIpc) is 2.99. The van der Waals surface area contributed by atoms with Crippen molar-refractivity contribution in [3.63, 3.8) is 0 Å². The predicted molar refractivity (Wildman–Crippen MR) is 98.0 cm³/mol. The number of hydrogen-bond donors (Lipinski definition) is 1. The van der Waals surface area contributed by atoms with Crippen molar-refractivity contribution in [3.05, 3.63) is 64.0 Å². The molecular formula is C19H17FN4S. The molecule has 0 fully saturated rings. The van der Waals surface area contributed by atoms with E-state index in [4.69, 9.17) is 5.26 Å². The van der Waals surface area contributed by atoms with Crippen molar-refractivity contribution in [2.24, 2.45) is 0 Å². The van der Waals surface area contributed by atoms with Gasteiger partial charge in [0.25, 0.3) is 0 Å². The Morgan fingerprint density at radius 3 is 2.52 bits per heavy atom. The van der Waals surface area contributed by atoms with Crippen LogP contribution in [0.4, 0.5) is 10.2 Å². The number of anilines is 1. The predicted octanol–water partition coefficient (Wildman–Crippen LogP) is 5.01. The highest BCUT2D eigenvalue weighted by Crippen LogP contribution is 2.33. The molecule has 1 atom stereocenters. The van der Waals surface area contributed by atoms with Gasteiger partial charge in [-0.3, -0.25) is 0 Å². The van der Waals surface area contributed by atoms with Gasteiger partial charge in [-0.25, -0.2) is 14.4 Å². The van der Waals surface area contributed by atoms with Crippen LogP contribution in [0.25, 0.3) is 10.6 Å². The second-order valence-corrected chi connectivity index (χ2v) is 6.85. The highest BCUT2D eigenvalue weighted by molar-refractivity contribution is 7.15. The Hall–Kier alpha value is -2.78. The molecule has 0 aliphatic heterocycles. The molecule has 0 radical (unpaired) electrons. The normalized spacial score (nSPS) is 11.8. The molecule has 0 bridgehead atoms. The molecule has 4 nitrogen and oxygen atoms in total. The molecule has 0 spiro atoms. The number of nitrogens with zero attached hydrogens (tertiary/aromatic N) is 3. The van der Waals surface area contributed by atoms with Gasteiger partial charge in [-0.05, 0) is 56.7 Å². The van der Waals surface area contributed by atoms with Gasteiger partial charge in [0.2, 0.25) is 0 Å². The number of benzene rings is 1. The Bertz CT molecular complexity index is 941. The smallest absolute Gasteiger partial charge is 0.145 e. The van der Waals surface area contributed by atoms with Crippen LogP contribution in [-0.2, 0) is 0 Å². The average molecular weight is 352 g/mol. The number of pyridine rings is 1. The molecule has 25 heavy (non-hydrogen) atoms. The zero-order valence-electron chi connectivity index (χ0n) is 14.2. The van der Waals surface area contributed by atoms with E-state index in [1.54, 1.807) is 23.5 Å². The summed E-state index contributed by atoms with van der Waals surface area (Å²) in [4.78, 5) is 10.0. The lowest BCUT2D eigenvalue weighted by molar-refractivity contribution is 0.628. The van der Waals surface area contributed by atoms with E-state index in [0.29, 0.717) is 11.5 Å². The molecule has 0 amide bonds. The fourth-order valence-corrected chi connectivity index (χ4v) is 3.61. The van der Waals surface area contributed by atoms with E-state index in [0.717, 1.165) is 26.7 Å². The Labute approximate surface area is 150 Å². The number of thiazole rings is 1. The van der Waals surface area contributed by atoms with Crippen LogP contribution in [0.5, 0.6) is 0 Å². The van der Waals surface area contributed by atoms with Gasteiger partial charge in [0, 0.05) is 10.4 Å². The largest absolute Gasteiger partial charge is 0.363 e. The van der Waals surface area contributed by atoms with E-state index >= 15 is 0 Å². The zero-order valence-corrected chi connectivity index (χ0v) is 15.0. The van der Waals surface area contributed by atoms with Crippen LogP contribution in [0.2, 0.25) is 0 Å². The van der Waals surface area contributed by atoms with E-state index < -0.39 is 0 Å². The minimum atomic E-state index is -0.258. The Morgan fingerprint density at radius 1 is 1.12 bits per heavy atom. The maximum atomic E-state index is 13.1. The minimum Gasteiger partial charge on any atom is -0.363 e. The van der Waals surface area contributed by atoms with Crippen molar-refractivity contribution in [3.8, 4) is 16.6 Å². The molecule has 0 saturated carbocycles. The van der Waals surface area contributed by atoms with E-state index in [2.05, 4.69) is 21.4 Å². The summed E-state index contributed by atoms with van der Waals surface area (Å²) in [6.45, 7) is 5.85. The van der Waals surface area contributed by atoms with E-state index in [9.17, 15) is 4.39 Å². The fraction of sp³-hybridized carbons (Fsp3) is 0.211. The number of halogens is 1. The topological polar surface area (TPSA) is 61.6 Å². The summed E-state index contributed by atoms with van der Waals surface area (Å²) in [5.74, 6) is 0.400. The van der Waals surface area contributed by atoms with Crippen LogP contribution >= 0.6 is 11.3 Å². The van der Waals surface area contributed by atoms with Crippen molar-refractivity contribution in [1.29, 1.82) is 5.26 Å². The van der Waals surface area contributed by atoms with Gasteiger partial charge in [-0.1, -0.05) is 6.07 Å². The number of aryl methyl sites for hydroxylation is 2. The molecule has 6 heteroatoms. The molecule has 2 heterocycles. The summed E-state index contributed by atoms with van der Waals surface area (Å²) in [6, 6.07) is 12.2. The molecular weight excluding hydrogens is 335 g/mol. The molecule has 0 saturated heterocycles. The second-order valence-electron chi connectivity index (χ2n) is 5.82. The van der Waals surface area contributed by atoms with Crippen molar-refractivity contribution in [2.45, 2.75) is 26.8 Å². The lowest BCUT2D eigenvalue weighted by Gasteiger charge is -2.14. The van der Waals surface area contributed by atoms with Crippen LogP contribution in [0.15, 0.2) is 36.4 Å². The van der Waals surface area contributed by atoms with Crippen molar-refractivity contribution < 1.29 is 4.39 Å². The first-order valence-corrected chi connectivity index (χ1v) is 8.67. The third-order valence-corrected chi connectivity index (χ3v) is 5.27. The summed E-state index contributed by atoms with van der Waals surface area (Å²) in [5.41, 5.74) is 3.10. The maximum absolute atomic E-state index is 13.1. The molecule has 2 aromatic heterocycles. The maximum Gasteiger partial charge on any atom is 0.145 e. The second kappa shape index (κ2) is 6.99. The fourth-order valence-electron chi connectivity index (χ4n) is 2.54. The summed E-state index contributed by atoms with van der Waals surface area (Å²) < 4.78 is 13.1. The number of hydrogen-bond acceptors (Lipinski definition) is 5. The molecule has 0 aliphatic rings. The van der Waals surface area contributed by atoms with Crippen LogP contribution in [0, 0.1) is 31.0 Å². The molecule has 1 unspecified atom stereocenters. The summed E-state index contributed by atoms with van der Waals surface area (Å²) in [6.07, 6.45) is 0. The van der Waals surface area contributed by atoms with Crippen LogP contribution < -0.4 is 5.32 Å². The SMILES string of the molecule is Cc1ccc(NC(C)c2sc(-c3ccc(F)cc3)nc2C)nc1C#N. The first kappa shape index (κ1) is 17.1. The first-order chi connectivity index (χ1) is 12.0. The van der Waals surface area contributed by atoms with Gasteiger partial charge in [0.15, 0.2) is 0 Å². The summed E-state index contributed by atoms with van der Waals surface area (Å²) in [7, 11) is 0. The number of nitrogens with one attached hydrogen (secondary N) is 1. The Kier molecular flexibility index (Phi) is 4.77. The standard InChI is InChI=1S/C19H17FN4S/c1-11-4-9-17(24-16(11)10-21)22-12(2)18-13(3)23-19(25-18)14-5-7-15(20)8-6-14/h4-9,12H,1-3H3,(H,22,24). The van der Waals surface area contributed by atoms with Crippen molar-refractivity contribution >= 4 is 17.2 Å². The molecule has 3 rings (SSSR count).